The molecule has 0 bridgehead atoms. The Kier molecular flexibility index (Phi) is 3.53. The Balaban J connectivity index is 2.03. The van der Waals surface area contributed by atoms with E-state index < -0.39 is 0 Å². The van der Waals surface area contributed by atoms with Crippen LogP contribution >= 0.6 is 11.3 Å². The van der Waals surface area contributed by atoms with Crippen molar-refractivity contribution >= 4 is 17.6 Å². The lowest BCUT2D eigenvalue weighted by Gasteiger charge is -1.90. The summed E-state index contributed by atoms with van der Waals surface area (Å²) in [5.41, 5.74) is 1.21. The van der Waals surface area contributed by atoms with Gasteiger partial charge in [0.25, 0.3) is 0 Å². The smallest absolute Gasteiger partial charge is 0.160 e. The molecule has 0 radical (unpaired) electrons. The summed E-state index contributed by atoms with van der Waals surface area (Å²) in [6.45, 7) is 0. The van der Waals surface area contributed by atoms with Crippen LogP contribution in [0.15, 0.2) is 42.5 Å². The number of benzene rings is 1. The standard InChI is InChI=1S/C14H10OS/c15-11-14-10-9-13(16-14)8-4-7-12-5-2-1-3-6-12/h1-3,5-6,9-11H,7H2. The molecule has 0 N–H and O–H groups in total. The fourth-order valence-electron chi connectivity index (χ4n) is 1.31. The van der Waals surface area contributed by atoms with Gasteiger partial charge in [0.2, 0.25) is 0 Å². The Morgan fingerprint density at radius 3 is 2.62 bits per heavy atom. The van der Waals surface area contributed by atoms with Crippen molar-refractivity contribution in [3.63, 3.8) is 0 Å². The van der Waals surface area contributed by atoms with Gasteiger partial charge in [-0.1, -0.05) is 42.2 Å². The minimum Gasteiger partial charge on any atom is -0.297 e. The van der Waals surface area contributed by atoms with Crippen molar-refractivity contribution in [1.29, 1.82) is 0 Å². The van der Waals surface area contributed by atoms with E-state index in [0.29, 0.717) is 0 Å². The van der Waals surface area contributed by atoms with Crippen molar-refractivity contribution in [3.8, 4) is 11.8 Å². The van der Waals surface area contributed by atoms with Crippen LogP contribution < -0.4 is 0 Å². The molecule has 0 atom stereocenters. The van der Waals surface area contributed by atoms with Gasteiger partial charge in [-0.25, -0.2) is 0 Å². The molecular weight excluding hydrogens is 216 g/mol. The first-order valence-corrected chi connectivity index (χ1v) is 5.78. The van der Waals surface area contributed by atoms with Gasteiger partial charge < -0.3 is 0 Å². The Labute approximate surface area is 98.7 Å². The molecule has 2 heteroatoms. The number of hydrogen-bond acceptors (Lipinski definition) is 2. The summed E-state index contributed by atoms with van der Waals surface area (Å²) in [6.07, 6.45) is 1.60. The number of carbonyl (C=O) groups is 1. The van der Waals surface area contributed by atoms with Crippen molar-refractivity contribution in [2.75, 3.05) is 0 Å². The largest absolute Gasteiger partial charge is 0.297 e. The zero-order chi connectivity index (χ0) is 11.2. The molecular formula is C14H10OS. The van der Waals surface area contributed by atoms with Gasteiger partial charge in [0.1, 0.15) is 0 Å². The van der Waals surface area contributed by atoms with Gasteiger partial charge in [-0.05, 0) is 17.7 Å². The predicted molar refractivity (Wildman–Crippen MR) is 66.7 cm³/mol. The van der Waals surface area contributed by atoms with E-state index >= 15 is 0 Å². The molecule has 78 valence electrons. The van der Waals surface area contributed by atoms with Gasteiger partial charge >= 0.3 is 0 Å². The SMILES string of the molecule is O=Cc1ccc(C#CCc2ccccc2)s1. The first-order valence-electron chi connectivity index (χ1n) is 4.96. The topological polar surface area (TPSA) is 17.1 Å². The molecule has 0 amide bonds. The van der Waals surface area contributed by atoms with E-state index in [0.717, 1.165) is 22.5 Å². The third-order valence-electron chi connectivity index (χ3n) is 2.09. The average molecular weight is 226 g/mol. The lowest BCUT2D eigenvalue weighted by Crippen LogP contribution is -1.78. The third-order valence-corrected chi connectivity index (χ3v) is 3.02. The van der Waals surface area contributed by atoms with Gasteiger partial charge in [-0.15, -0.1) is 11.3 Å². The van der Waals surface area contributed by atoms with E-state index in [9.17, 15) is 4.79 Å². The van der Waals surface area contributed by atoms with E-state index in [4.69, 9.17) is 0 Å². The molecule has 0 aliphatic carbocycles. The summed E-state index contributed by atoms with van der Waals surface area (Å²) in [6, 6.07) is 13.8. The van der Waals surface area contributed by atoms with Crippen LogP contribution in [0.4, 0.5) is 0 Å². The van der Waals surface area contributed by atoms with Crippen molar-refractivity contribution in [2.24, 2.45) is 0 Å². The second-order valence-electron chi connectivity index (χ2n) is 3.28. The third kappa shape index (κ3) is 2.82. The molecule has 0 saturated heterocycles. The number of carbonyl (C=O) groups excluding carboxylic acids is 1. The first-order chi connectivity index (χ1) is 7.88. The normalized spacial score (nSPS) is 9.25. The maximum absolute atomic E-state index is 10.5. The van der Waals surface area contributed by atoms with Gasteiger partial charge in [-0.2, -0.15) is 0 Å². The molecule has 1 nitrogen and oxygen atoms in total. The molecule has 0 aliphatic heterocycles. The van der Waals surface area contributed by atoms with Crippen LogP contribution in [0, 0.1) is 11.8 Å². The fourth-order valence-corrected chi connectivity index (χ4v) is 2.01. The fraction of sp³-hybridized carbons (Fsp3) is 0.0714. The molecule has 16 heavy (non-hydrogen) atoms. The summed E-state index contributed by atoms with van der Waals surface area (Å²) >= 11 is 1.43. The molecule has 0 spiro atoms. The van der Waals surface area contributed by atoms with Crippen molar-refractivity contribution < 1.29 is 4.79 Å². The summed E-state index contributed by atoms with van der Waals surface area (Å²) in [4.78, 5) is 12.1. The van der Waals surface area contributed by atoms with Crippen LogP contribution in [0.2, 0.25) is 0 Å². The Bertz CT molecular complexity index is 529. The molecule has 0 unspecified atom stereocenters. The van der Waals surface area contributed by atoms with Crippen LogP contribution in [0.3, 0.4) is 0 Å². The lowest BCUT2D eigenvalue weighted by molar-refractivity contribution is 0.112. The predicted octanol–water partition coefficient (Wildman–Crippen LogP) is 3.15. The van der Waals surface area contributed by atoms with Crippen LogP contribution in [0.5, 0.6) is 0 Å². The van der Waals surface area contributed by atoms with Gasteiger partial charge in [0, 0.05) is 6.42 Å². The maximum Gasteiger partial charge on any atom is 0.160 e. The Morgan fingerprint density at radius 2 is 1.94 bits per heavy atom. The average Bonchev–Trinajstić information content (AvgIpc) is 2.78. The summed E-state index contributed by atoms with van der Waals surface area (Å²) in [5.74, 6) is 6.16. The van der Waals surface area contributed by atoms with E-state index in [-0.39, 0.29) is 0 Å². The van der Waals surface area contributed by atoms with Gasteiger partial charge in [0.05, 0.1) is 9.75 Å². The molecule has 1 aromatic heterocycles. The molecule has 0 aliphatic rings. The number of thiophene rings is 1. The number of hydrogen-bond donors (Lipinski definition) is 0. The maximum atomic E-state index is 10.5. The first kappa shape index (κ1) is 10.7. The van der Waals surface area contributed by atoms with Crippen LogP contribution in [0.1, 0.15) is 20.1 Å². The van der Waals surface area contributed by atoms with Gasteiger partial charge in [-0.3, -0.25) is 4.79 Å². The molecule has 2 aromatic rings. The Hall–Kier alpha value is -1.85. The van der Waals surface area contributed by atoms with Crippen LogP contribution in [-0.4, -0.2) is 6.29 Å². The lowest BCUT2D eigenvalue weighted by atomic mass is 10.2. The van der Waals surface area contributed by atoms with E-state index in [1.165, 1.54) is 16.9 Å². The van der Waals surface area contributed by atoms with Crippen molar-refractivity contribution in [3.05, 3.63) is 57.8 Å². The van der Waals surface area contributed by atoms with E-state index in [1.807, 2.05) is 24.3 Å². The summed E-state index contributed by atoms with van der Waals surface area (Å²) < 4.78 is 0. The second-order valence-corrected chi connectivity index (χ2v) is 4.40. The summed E-state index contributed by atoms with van der Waals surface area (Å²) in [7, 11) is 0. The highest BCUT2D eigenvalue weighted by atomic mass is 32.1. The minimum atomic E-state index is 0.726. The zero-order valence-electron chi connectivity index (χ0n) is 8.64. The van der Waals surface area contributed by atoms with E-state index in [2.05, 4.69) is 24.0 Å². The monoisotopic (exact) mass is 226 g/mol. The molecule has 1 heterocycles. The second kappa shape index (κ2) is 5.29. The van der Waals surface area contributed by atoms with Crippen molar-refractivity contribution in [2.45, 2.75) is 6.42 Å². The molecule has 2 rings (SSSR count). The van der Waals surface area contributed by atoms with Crippen LogP contribution in [-0.2, 0) is 6.42 Å². The number of aldehydes is 1. The molecule has 1 aromatic carbocycles. The highest BCUT2D eigenvalue weighted by Gasteiger charge is 1.94. The minimum absolute atomic E-state index is 0.726. The quantitative estimate of drug-likeness (QED) is 0.568. The Morgan fingerprint density at radius 1 is 1.12 bits per heavy atom. The number of rotatable bonds is 2. The highest BCUT2D eigenvalue weighted by molar-refractivity contribution is 7.14. The summed E-state index contributed by atoms with van der Waals surface area (Å²) in [5, 5.41) is 0. The van der Waals surface area contributed by atoms with Crippen LogP contribution in [0.25, 0.3) is 0 Å². The molecule has 0 saturated carbocycles. The zero-order valence-corrected chi connectivity index (χ0v) is 9.46. The van der Waals surface area contributed by atoms with E-state index in [1.54, 1.807) is 6.07 Å². The molecule has 0 fully saturated rings. The van der Waals surface area contributed by atoms with Gasteiger partial charge in [0.15, 0.2) is 6.29 Å². The van der Waals surface area contributed by atoms with Crippen molar-refractivity contribution in [1.82, 2.24) is 0 Å². The highest BCUT2D eigenvalue weighted by Crippen LogP contribution is 2.12.